The third kappa shape index (κ3) is 3.35. The Balaban J connectivity index is 1.76. The molecule has 0 saturated carbocycles. The Morgan fingerprint density at radius 3 is 2.88 bits per heavy atom. The molecule has 6 nitrogen and oxygen atoms in total. The van der Waals surface area contributed by atoms with Crippen molar-refractivity contribution >= 4 is 45.7 Å². The van der Waals surface area contributed by atoms with Gasteiger partial charge in [0.15, 0.2) is 17.3 Å². The predicted octanol–water partition coefficient (Wildman–Crippen LogP) is 3.52. The number of hydrogen-bond donors (Lipinski definition) is 2. The summed E-state index contributed by atoms with van der Waals surface area (Å²) in [7, 11) is 1.47. The third-order valence-electron chi connectivity index (χ3n) is 3.31. The standard InChI is InChI=1S/C17H13IN2O4/c1-23-14-8-12(18)6-11(16(14)21)9-19-20-17(22)15-7-10-4-2-3-5-13(10)24-15/h2-9,21H,1H3,(H,20,22)/b19-9+. The van der Waals surface area contributed by atoms with Gasteiger partial charge in [-0.15, -0.1) is 0 Å². The van der Waals surface area contributed by atoms with Crippen LogP contribution in [0, 0.1) is 3.57 Å². The van der Waals surface area contributed by atoms with Crippen LogP contribution in [0.5, 0.6) is 11.5 Å². The van der Waals surface area contributed by atoms with E-state index >= 15 is 0 Å². The van der Waals surface area contributed by atoms with Crippen LogP contribution in [-0.2, 0) is 0 Å². The van der Waals surface area contributed by atoms with Crippen molar-refractivity contribution in [3.63, 3.8) is 0 Å². The number of carbonyl (C=O) groups excluding carboxylic acids is 1. The van der Waals surface area contributed by atoms with Crippen LogP contribution < -0.4 is 10.2 Å². The normalized spacial score (nSPS) is 11.1. The number of methoxy groups -OCH3 is 1. The van der Waals surface area contributed by atoms with E-state index in [1.54, 1.807) is 24.3 Å². The average molecular weight is 436 g/mol. The first-order chi connectivity index (χ1) is 11.6. The van der Waals surface area contributed by atoms with Gasteiger partial charge >= 0.3 is 5.91 Å². The van der Waals surface area contributed by atoms with Gasteiger partial charge in [0.05, 0.1) is 13.3 Å². The fourth-order valence-corrected chi connectivity index (χ4v) is 2.78. The second kappa shape index (κ2) is 6.91. The second-order valence-electron chi connectivity index (χ2n) is 4.89. The number of phenolic OH excluding ortho intramolecular Hbond substituents is 1. The van der Waals surface area contributed by atoms with E-state index in [1.165, 1.54) is 13.3 Å². The van der Waals surface area contributed by atoms with E-state index < -0.39 is 5.91 Å². The van der Waals surface area contributed by atoms with Gasteiger partial charge in [0.2, 0.25) is 0 Å². The van der Waals surface area contributed by atoms with Gasteiger partial charge in [-0.2, -0.15) is 5.10 Å². The summed E-state index contributed by atoms with van der Waals surface area (Å²) < 4.78 is 11.4. The van der Waals surface area contributed by atoms with Crippen molar-refractivity contribution < 1.29 is 19.1 Å². The van der Waals surface area contributed by atoms with Crippen molar-refractivity contribution in [2.24, 2.45) is 5.10 Å². The molecular weight excluding hydrogens is 423 g/mol. The number of fused-ring (bicyclic) bond motifs is 1. The number of para-hydroxylation sites is 1. The van der Waals surface area contributed by atoms with E-state index in [-0.39, 0.29) is 11.5 Å². The topological polar surface area (TPSA) is 84.1 Å². The Morgan fingerprint density at radius 2 is 2.12 bits per heavy atom. The lowest BCUT2D eigenvalue weighted by Crippen LogP contribution is -2.16. The molecule has 0 radical (unpaired) electrons. The van der Waals surface area contributed by atoms with Gasteiger partial charge in [-0.3, -0.25) is 4.79 Å². The summed E-state index contributed by atoms with van der Waals surface area (Å²) in [6.07, 6.45) is 1.35. The number of aromatic hydroxyl groups is 1. The lowest BCUT2D eigenvalue weighted by atomic mass is 10.2. The number of halogens is 1. The summed E-state index contributed by atoms with van der Waals surface area (Å²) in [6.45, 7) is 0. The number of nitrogens with one attached hydrogen (secondary N) is 1. The Morgan fingerprint density at radius 1 is 1.33 bits per heavy atom. The third-order valence-corrected chi connectivity index (χ3v) is 3.93. The van der Waals surface area contributed by atoms with Crippen molar-refractivity contribution in [1.29, 1.82) is 0 Å². The summed E-state index contributed by atoms with van der Waals surface area (Å²) in [5.74, 6) is -0.0102. The predicted molar refractivity (Wildman–Crippen MR) is 98.6 cm³/mol. The Hall–Kier alpha value is -2.55. The molecule has 2 N–H and O–H groups in total. The maximum absolute atomic E-state index is 12.1. The molecule has 2 aromatic carbocycles. The van der Waals surface area contributed by atoms with E-state index in [4.69, 9.17) is 9.15 Å². The fraction of sp³-hybridized carbons (Fsp3) is 0.0588. The van der Waals surface area contributed by atoms with Crippen LogP contribution in [-0.4, -0.2) is 24.3 Å². The molecule has 0 atom stereocenters. The summed E-state index contributed by atoms with van der Waals surface area (Å²) in [4.78, 5) is 12.1. The van der Waals surface area contributed by atoms with Gasteiger partial charge in [0.1, 0.15) is 5.58 Å². The maximum atomic E-state index is 12.1. The average Bonchev–Trinajstić information content (AvgIpc) is 3.01. The molecule has 1 amide bonds. The SMILES string of the molecule is COc1cc(I)cc(/C=N/NC(=O)c2cc3ccccc3o2)c1O. The molecule has 7 heteroatoms. The Kier molecular flexibility index (Phi) is 4.70. The van der Waals surface area contributed by atoms with Gasteiger partial charge in [0, 0.05) is 14.5 Å². The van der Waals surface area contributed by atoms with Crippen LogP contribution in [0.2, 0.25) is 0 Å². The number of phenols is 1. The molecule has 24 heavy (non-hydrogen) atoms. The molecular formula is C17H13IN2O4. The molecule has 0 aliphatic rings. The molecule has 1 aromatic heterocycles. The smallest absolute Gasteiger partial charge is 0.307 e. The number of ether oxygens (including phenoxy) is 1. The van der Waals surface area contributed by atoms with Crippen LogP contribution in [0.1, 0.15) is 16.1 Å². The lowest BCUT2D eigenvalue weighted by molar-refractivity contribution is 0.0929. The number of amides is 1. The first-order valence-electron chi connectivity index (χ1n) is 6.97. The van der Waals surface area contributed by atoms with Crippen molar-refractivity contribution in [2.75, 3.05) is 7.11 Å². The van der Waals surface area contributed by atoms with Gasteiger partial charge in [-0.25, -0.2) is 5.43 Å². The molecule has 122 valence electrons. The van der Waals surface area contributed by atoms with Crippen molar-refractivity contribution in [1.82, 2.24) is 5.43 Å². The zero-order valence-corrected chi connectivity index (χ0v) is 14.8. The lowest BCUT2D eigenvalue weighted by Gasteiger charge is -2.06. The van der Waals surface area contributed by atoms with Gasteiger partial charge < -0.3 is 14.3 Å². The summed E-state index contributed by atoms with van der Waals surface area (Å²) >= 11 is 2.10. The number of hydrazone groups is 1. The zero-order valence-electron chi connectivity index (χ0n) is 12.6. The van der Waals surface area contributed by atoms with Crippen molar-refractivity contribution in [2.45, 2.75) is 0 Å². The van der Waals surface area contributed by atoms with Crippen molar-refractivity contribution in [3.8, 4) is 11.5 Å². The second-order valence-corrected chi connectivity index (χ2v) is 6.14. The van der Waals surface area contributed by atoms with E-state index in [0.29, 0.717) is 16.9 Å². The fourth-order valence-electron chi connectivity index (χ4n) is 2.16. The number of nitrogens with zero attached hydrogens (tertiary/aromatic N) is 1. The maximum Gasteiger partial charge on any atom is 0.307 e. The van der Waals surface area contributed by atoms with E-state index in [0.717, 1.165) is 8.96 Å². The minimum Gasteiger partial charge on any atom is -0.504 e. The number of hydrogen-bond acceptors (Lipinski definition) is 5. The first-order valence-corrected chi connectivity index (χ1v) is 8.05. The van der Waals surface area contributed by atoms with E-state index in [9.17, 15) is 9.90 Å². The van der Waals surface area contributed by atoms with Crippen LogP contribution >= 0.6 is 22.6 Å². The minimum atomic E-state index is -0.473. The molecule has 0 aliphatic carbocycles. The number of benzene rings is 2. The summed E-state index contributed by atoms with van der Waals surface area (Å²) in [5.41, 5.74) is 3.44. The number of carbonyl (C=O) groups is 1. The van der Waals surface area contributed by atoms with Crippen LogP contribution in [0.15, 0.2) is 52.0 Å². The molecule has 1 heterocycles. The van der Waals surface area contributed by atoms with Gasteiger partial charge in [-0.05, 0) is 46.9 Å². The first kappa shape index (κ1) is 16.3. The highest BCUT2D eigenvalue weighted by Crippen LogP contribution is 2.30. The summed E-state index contributed by atoms with van der Waals surface area (Å²) in [6, 6.07) is 12.4. The van der Waals surface area contributed by atoms with E-state index in [1.807, 2.05) is 18.2 Å². The summed E-state index contributed by atoms with van der Waals surface area (Å²) in [5, 5.41) is 14.7. The Labute approximate surface area is 151 Å². The van der Waals surface area contributed by atoms with Crippen LogP contribution in [0.4, 0.5) is 0 Å². The minimum absolute atomic E-state index is 0.0420. The molecule has 0 aliphatic heterocycles. The largest absolute Gasteiger partial charge is 0.504 e. The molecule has 0 spiro atoms. The monoisotopic (exact) mass is 436 g/mol. The molecule has 0 fully saturated rings. The van der Waals surface area contributed by atoms with Gasteiger partial charge in [-0.1, -0.05) is 18.2 Å². The van der Waals surface area contributed by atoms with Crippen LogP contribution in [0.25, 0.3) is 11.0 Å². The molecule has 0 saturated heterocycles. The Bertz CT molecular complexity index is 900. The van der Waals surface area contributed by atoms with Crippen molar-refractivity contribution in [3.05, 3.63) is 57.4 Å². The molecule has 0 unspecified atom stereocenters. The van der Waals surface area contributed by atoms with Crippen LogP contribution in [0.3, 0.4) is 0 Å². The zero-order chi connectivity index (χ0) is 17.1. The highest BCUT2D eigenvalue weighted by molar-refractivity contribution is 14.1. The number of furan rings is 1. The quantitative estimate of drug-likeness (QED) is 0.373. The molecule has 0 bridgehead atoms. The van der Waals surface area contributed by atoms with Gasteiger partial charge in [0.25, 0.3) is 0 Å². The molecule has 3 aromatic rings. The highest BCUT2D eigenvalue weighted by Gasteiger charge is 2.12. The number of rotatable bonds is 4. The molecule has 3 rings (SSSR count). The highest BCUT2D eigenvalue weighted by atomic mass is 127. The van der Waals surface area contributed by atoms with E-state index in [2.05, 4.69) is 33.1 Å².